The quantitative estimate of drug-likeness (QED) is 0.0349. The third kappa shape index (κ3) is 15.1. The molecule has 0 radical (unpaired) electrons. The second-order valence-corrected chi connectivity index (χ2v) is 17.2. The Bertz CT molecular complexity index is 2430. The summed E-state index contributed by atoms with van der Waals surface area (Å²) in [5.41, 5.74) is 17.7. The van der Waals surface area contributed by atoms with Crippen molar-refractivity contribution in [1.82, 2.24) is 26.6 Å². The third-order valence-electron chi connectivity index (χ3n) is 12.2. The van der Waals surface area contributed by atoms with Crippen LogP contribution in [0.3, 0.4) is 0 Å². The Morgan fingerprint density at radius 2 is 0.797 bits per heavy atom. The summed E-state index contributed by atoms with van der Waals surface area (Å²) in [6, 6.07) is 37.1. The number of fused-ring (bicyclic) bond motifs is 3. The van der Waals surface area contributed by atoms with E-state index in [0.29, 0.717) is 49.9 Å². The van der Waals surface area contributed by atoms with E-state index in [1.807, 2.05) is 103 Å². The van der Waals surface area contributed by atoms with Crippen LogP contribution in [0.5, 0.6) is 0 Å². The molecule has 5 aromatic rings. The van der Waals surface area contributed by atoms with Crippen LogP contribution in [0, 0.1) is 0 Å². The highest BCUT2D eigenvalue weighted by Gasteiger charge is 2.34. The number of alkyl carbamates (subject to hydrolysis) is 1. The average molecular weight is 938 g/mol. The summed E-state index contributed by atoms with van der Waals surface area (Å²) in [4.78, 5) is 83.1. The largest absolute Gasteiger partial charge is 0.480 e. The van der Waals surface area contributed by atoms with Crippen LogP contribution in [0.1, 0.15) is 72.3 Å². The molecule has 1 aliphatic rings. The van der Waals surface area contributed by atoms with Gasteiger partial charge in [0.1, 0.15) is 36.8 Å². The maximum Gasteiger partial charge on any atom is 0.407 e. The topological polar surface area (TPSA) is 244 Å². The summed E-state index contributed by atoms with van der Waals surface area (Å²) in [5.74, 6) is -4.17. The van der Waals surface area contributed by atoms with Gasteiger partial charge in [0.05, 0.1) is 0 Å². The number of hydrogen-bond donors (Lipinski definition) is 8. The third-order valence-corrected chi connectivity index (χ3v) is 12.2. The zero-order chi connectivity index (χ0) is 49.0. The van der Waals surface area contributed by atoms with Crippen LogP contribution >= 0.6 is 0 Å². The van der Waals surface area contributed by atoms with E-state index in [0.717, 1.165) is 27.8 Å². The lowest BCUT2D eigenvalue weighted by Gasteiger charge is -2.27. The molecule has 0 saturated carbocycles. The predicted octanol–water partition coefficient (Wildman–Crippen LogP) is 4.90. The van der Waals surface area contributed by atoms with Gasteiger partial charge in [0.15, 0.2) is 0 Å². The number of benzene rings is 5. The molecular formula is C54H63N7O8. The summed E-state index contributed by atoms with van der Waals surface area (Å²) < 4.78 is 5.85. The minimum Gasteiger partial charge on any atom is -0.480 e. The number of nitrogens with one attached hydrogen (secondary N) is 5. The minimum atomic E-state index is -1.25. The molecule has 0 saturated heterocycles. The fourth-order valence-corrected chi connectivity index (χ4v) is 8.56. The normalized spacial score (nSPS) is 13.8. The van der Waals surface area contributed by atoms with Gasteiger partial charge in [-0.3, -0.25) is 19.2 Å². The number of unbranched alkanes of at least 4 members (excludes halogenated alkanes) is 2. The summed E-state index contributed by atoms with van der Waals surface area (Å²) in [6.45, 7) is 0.733. The maximum atomic E-state index is 14.6. The molecule has 6 rings (SSSR count). The highest BCUT2D eigenvalue weighted by Crippen LogP contribution is 2.44. The number of carbonyl (C=O) groups excluding carboxylic acids is 5. The zero-order valence-corrected chi connectivity index (χ0v) is 38.7. The van der Waals surface area contributed by atoms with Crippen molar-refractivity contribution in [1.29, 1.82) is 0 Å². The Morgan fingerprint density at radius 3 is 1.22 bits per heavy atom. The molecule has 3 unspecified atom stereocenters. The van der Waals surface area contributed by atoms with E-state index in [-0.39, 0.29) is 44.6 Å². The van der Waals surface area contributed by atoms with Crippen molar-refractivity contribution < 1.29 is 38.6 Å². The highest BCUT2D eigenvalue weighted by molar-refractivity contribution is 5.96. The number of aliphatic carboxylic acids is 1. The van der Waals surface area contributed by atoms with Crippen LogP contribution in [-0.4, -0.2) is 90.7 Å². The number of rotatable bonds is 26. The fraction of sp³-hybridized carbons (Fsp3) is 0.333. The molecule has 0 heterocycles. The van der Waals surface area contributed by atoms with Gasteiger partial charge in [-0.15, -0.1) is 0 Å². The van der Waals surface area contributed by atoms with Gasteiger partial charge in [0, 0.05) is 25.2 Å². The number of amides is 5. The molecule has 5 amide bonds. The molecule has 5 atom stereocenters. The molecule has 0 spiro atoms. The summed E-state index contributed by atoms with van der Waals surface area (Å²) in [5, 5.41) is 23.8. The van der Waals surface area contributed by atoms with E-state index >= 15 is 0 Å². The highest BCUT2D eigenvalue weighted by atomic mass is 16.5. The first-order valence-electron chi connectivity index (χ1n) is 23.6. The molecule has 0 fully saturated rings. The molecule has 1 aliphatic carbocycles. The lowest BCUT2D eigenvalue weighted by molar-refractivity contribution is -0.142. The van der Waals surface area contributed by atoms with Crippen molar-refractivity contribution in [2.75, 3.05) is 19.7 Å². The smallest absolute Gasteiger partial charge is 0.407 e. The Hall–Kier alpha value is -7.36. The van der Waals surface area contributed by atoms with Crippen molar-refractivity contribution >= 4 is 35.7 Å². The average Bonchev–Trinajstić information content (AvgIpc) is 3.68. The number of hydrogen-bond acceptors (Lipinski definition) is 9. The predicted molar refractivity (Wildman–Crippen MR) is 264 cm³/mol. The molecule has 69 heavy (non-hydrogen) atoms. The van der Waals surface area contributed by atoms with Gasteiger partial charge in [0.25, 0.3) is 0 Å². The lowest BCUT2D eigenvalue weighted by Crippen LogP contribution is -2.59. The van der Waals surface area contributed by atoms with Gasteiger partial charge in [-0.25, -0.2) is 9.59 Å². The molecule has 0 aliphatic heterocycles. The van der Waals surface area contributed by atoms with E-state index in [1.54, 1.807) is 36.4 Å². The van der Waals surface area contributed by atoms with Crippen LogP contribution in [0.15, 0.2) is 140 Å². The summed E-state index contributed by atoms with van der Waals surface area (Å²) in [6.07, 6.45) is 1.64. The molecule has 15 heteroatoms. The fourth-order valence-electron chi connectivity index (χ4n) is 8.56. The Morgan fingerprint density at radius 1 is 0.449 bits per heavy atom. The molecule has 362 valence electrons. The monoisotopic (exact) mass is 937 g/mol. The Balaban J connectivity index is 1.22. The SMILES string of the molecule is NCCCCC(NC(=O)C(CCCCN)NC(=O)C(Cc1ccccc1)NC(=O)[C@H](Cc1ccccc1)NC(=O)[C@H](Cc1ccccc1)NC(=O)OCC1c2ccccc2-c2ccccc21)C(=O)O. The first kappa shape index (κ1) is 51.0. The zero-order valence-electron chi connectivity index (χ0n) is 38.7. The van der Waals surface area contributed by atoms with Gasteiger partial charge in [-0.05, 0) is 90.6 Å². The van der Waals surface area contributed by atoms with Crippen molar-refractivity contribution in [2.24, 2.45) is 11.5 Å². The van der Waals surface area contributed by atoms with Crippen molar-refractivity contribution in [2.45, 2.75) is 93.9 Å². The molecule has 15 nitrogen and oxygen atoms in total. The Labute approximate surface area is 403 Å². The lowest BCUT2D eigenvalue weighted by atomic mass is 9.98. The first-order valence-corrected chi connectivity index (χ1v) is 23.6. The van der Waals surface area contributed by atoms with Crippen LogP contribution in [0.4, 0.5) is 4.79 Å². The summed E-state index contributed by atoms with van der Waals surface area (Å²) >= 11 is 0. The maximum absolute atomic E-state index is 14.6. The second kappa shape index (κ2) is 26.3. The van der Waals surface area contributed by atoms with Gasteiger partial charge in [-0.1, -0.05) is 140 Å². The van der Waals surface area contributed by atoms with Crippen molar-refractivity contribution in [3.05, 3.63) is 167 Å². The van der Waals surface area contributed by atoms with Crippen molar-refractivity contribution in [3.8, 4) is 11.1 Å². The minimum absolute atomic E-state index is 0.0123. The molecule has 0 bridgehead atoms. The van der Waals surface area contributed by atoms with E-state index < -0.39 is 65.9 Å². The van der Waals surface area contributed by atoms with E-state index in [1.165, 1.54) is 0 Å². The van der Waals surface area contributed by atoms with Crippen LogP contribution in [-0.2, 0) is 48.0 Å². The van der Waals surface area contributed by atoms with Gasteiger partial charge >= 0.3 is 12.1 Å². The second-order valence-electron chi connectivity index (χ2n) is 17.2. The number of nitrogens with two attached hydrogens (primary N) is 2. The van der Waals surface area contributed by atoms with Gasteiger partial charge in [-0.2, -0.15) is 0 Å². The first-order chi connectivity index (χ1) is 33.5. The van der Waals surface area contributed by atoms with Crippen LogP contribution in [0.2, 0.25) is 0 Å². The van der Waals surface area contributed by atoms with Crippen molar-refractivity contribution in [3.63, 3.8) is 0 Å². The number of carboxylic acids is 1. The van der Waals surface area contributed by atoms with Crippen LogP contribution < -0.4 is 38.1 Å². The van der Waals surface area contributed by atoms with Gasteiger partial charge in [0.2, 0.25) is 23.6 Å². The van der Waals surface area contributed by atoms with E-state index in [2.05, 4.69) is 26.6 Å². The van der Waals surface area contributed by atoms with Gasteiger partial charge < -0.3 is 47.9 Å². The molecule has 10 N–H and O–H groups in total. The standard InChI is InChI=1S/C54H63N7O8/c55-30-16-14-28-44(49(62)58-45(53(66)67)29-15-17-31-56)57-50(63)46(32-36-18-4-1-5-19-36)59-51(64)47(33-37-20-6-2-7-21-37)60-52(65)48(34-38-22-8-3-9-23-38)61-54(68)69-35-43-41-26-12-10-24-39(41)40-25-11-13-27-42(40)43/h1-13,18-27,43-48H,14-17,28-35,55-56H2,(H,57,63)(H,58,62)(H,59,64)(H,60,65)(H,61,68)(H,66,67)/t44?,45?,46?,47-,48-/m0/s1. The van der Waals surface area contributed by atoms with E-state index in [4.69, 9.17) is 16.2 Å². The van der Waals surface area contributed by atoms with E-state index in [9.17, 15) is 33.9 Å². The Kier molecular flexibility index (Phi) is 19.4. The molecule has 0 aromatic heterocycles. The summed E-state index contributed by atoms with van der Waals surface area (Å²) in [7, 11) is 0. The molecule has 5 aromatic carbocycles. The number of carboxylic acid groups (broad SMARTS) is 1. The molecular weight excluding hydrogens is 875 g/mol. The number of carbonyl (C=O) groups is 6. The number of ether oxygens (including phenoxy) is 1. The van der Waals surface area contributed by atoms with Crippen LogP contribution in [0.25, 0.3) is 11.1 Å².